The Labute approximate surface area is 65.3 Å². The van der Waals surface area contributed by atoms with Crippen molar-refractivity contribution in [2.45, 2.75) is 25.8 Å². The first-order chi connectivity index (χ1) is 5.07. The van der Waals surface area contributed by atoms with Gasteiger partial charge in [0.15, 0.2) is 5.78 Å². The van der Waals surface area contributed by atoms with Gasteiger partial charge in [-0.05, 0) is 13.3 Å². The van der Waals surface area contributed by atoms with Crippen molar-refractivity contribution in [2.24, 2.45) is 5.73 Å². The first kappa shape index (κ1) is 9.97. The second kappa shape index (κ2) is 4.73. The molecule has 0 saturated carbocycles. The maximum Gasteiger partial charge on any atom is 0.173 e. The van der Waals surface area contributed by atoms with Crippen LogP contribution in [0.1, 0.15) is 19.8 Å². The molecule has 1 atom stereocenters. The quantitative estimate of drug-likeness (QED) is 0.545. The minimum absolute atomic E-state index is 0.122. The first-order valence-corrected chi connectivity index (χ1v) is 3.37. The molecule has 4 heteroatoms. The predicted molar refractivity (Wildman–Crippen MR) is 41.7 cm³/mol. The number of carbonyl (C=O) groups excluding carboxylic acids is 2. The summed E-state index contributed by atoms with van der Waals surface area (Å²) in [5, 5.41) is 6.56. The van der Waals surface area contributed by atoms with Gasteiger partial charge in [0, 0.05) is 6.42 Å². The fourth-order valence-corrected chi connectivity index (χ4v) is 0.573. The van der Waals surface area contributed by atoms with E-state index in [2.05, 4.69) is 0 Å². The van der Waals surface area contributed by atoms with Crippen LogP contribution >= 0.6 is 0 Å². The van der Waals surface area contributed by atoms with E-state index < -0.39 is 6.04 Å². The second-order valence-corrected chi connectivity index (χ2v) is 2.37. The molecule has 0 spiro atoms. The number of hydrogen-bond acceptors (Lipinski definition) is 4. The van der Waals surface area contributed by atoms with Gasteiger partial charge >= 0.3 is 0 Å². The topological polar surface area (TPSA) is 84.0 Å². The number of Topliss-reactive ketones (excluding diaryl/α,β-unsaturated/α-hetero) is 2. The van der Waals surface area contributed by atoms with Crippen molar-refractivity contribution < 1.29 is 9.59 Å². The van der Waals surface area contributed by atoms with E-state index in [1.807, 2.05) is 0 Å². The largest absolute Gasteiger partial charge is 0.322 e. The maximum atomic E-state index is 10.6. The Kier molecular flexibility index (Phi) is 4.29. The number of nitrogens with one attached hydrogen (secondary N) is 1. The molecule has 0 bridgehead atoms. The minimum Gasteiger partial charge on any atom is -0.322 e. The molecule has 0 saturated heterocycles. The van der Waals surface area contributed by atoms with E-state index in [1.54, 1.807) is 0 Å². The van der Waals surface area contributed by atoms with E-state index in [0.29, 0.717) is 6.42 Å². The average Bonchev–Trinajstić information content (AvgIpc) is 1.99. The Balaban J connectivity index is 3.62. The van der Waals surface area contributed by atoms with Gasteiger partial charge in [-0.1, -0.05) is 0 Å². The Morgan fingerprint density at radius 1 is 1.64 bits per heavy atom. The van der Waals surface area contributed by atoms with Gasteiger partial charge in [-0.3, -0.25) is 9.59 Å². The summed E-state index contributed by atoms with van der Waals surface area (Å²) < 4.78 is 0. The lowest BCUT2D eigenvalue weighted by Crippen LogP contribution is -2.28. The Morgan fingerprint density at radius 2 is 2.18 bits per heavy atom. The molecule has 0 aliphatic rings. The molecule has 0 heterocycles. The third kappa shape index (κ3) is 4.38. The third-order valence-corrected chi connectivity index (χ3v) is 1.38. The van der Waals surface area contributed by atoms with Crippen LogP contribution in [0.4, 0.5) is 0 Å². The van der Waals surface area contributed by atoms with Crippen LogP contribution < -0.4 is 5.73 Å². The zero-order valence-corrected chi connectivity index (χ0v) is 6.46. The van der Waals surface area contributed by atoms with Gasteiger partial charge in [0.25, 0.3) is 0 Å². The van der Waals surface area contributed by atoms with Crippen molar-refractivity contribution in [1.29, 1.82) is 5.41 Å². The predicted octanol–water partition coefficient (Wildman–Crippen LogP) is -0.0984. The monoisotopic (exact) mass is 156 g/mol. The number of ketones is 2. The highest BCUT2D eigenvalue weighted by atomic mass is 16.1. The molecule has 11 heavy (non-hydrogen) atoms. The van der Waals surface area contributed by atoms with E-state index in [9.17, 15) is 9.59 Å². The maximum absolute atomic E-state index is 10.6. The van der Waals surface area contributed by atoms with Crippen LogP contribution in [0.5, 0.6) is 0 Å². The number of hydrogen-bond donors (Lipinski definition) is 2. The summed E-state index contributed by atoms with van der Waals surface area (Å²) in [5.41, 5.74) is 5.34. The molecule has 0 aliphatic heterocycles. The molecule has 62 valence electrons. The zero-order valence-electron chi connectivity index (χ0n) is 6.46. The van der Waals surface area contributed by atoms with Crippen LogP contribution in [-0.2, 0) is 9.59 Å². The van der Waals surface area contributed by atoms with Crippen molar-refractivity contribution >= 4 is 17.8 Å². The van der Waals surface area contributed by atoms with Crippen LogP contribution in [0.2, 0.25) is 0 Å². The number of nitrogens with two attached hydrogens (primary N) is 1. The second-order valence-electron chi connectivity index (χ2n) is 2.37. The molecule has 0 aromatic heterocycles. The minimum atomic E-state index is -0.557. The summed E-state index contributed by atoms with van der Waals surface area (Å²) in [6.07, 6.45) is 1.26. The van der Waals surface area contributed by atoms with Gasteiger partial charge in [0.2, 0.25) is 0 Å². The highest BCUT2D eigenvalue weighted by Gasteiger charge is 2.08. The van der Waals surface area contributed by atoms with Crippen LogP contribution in [0.15, 0.2) is 0 Å². The molecule has 0 aromatic rings. The van der Waals surface area contributed by atoms with Gasteiger partial charge in [0.05, 0.1) is 12.3 Å². The lowest BCUT2D eigenvalue weighted by Gasteiger charge is -2.03. The van der Waals surface area contributed by atoms with Gasteiger partial charge in [0.1, 0.15) is 5.78 Å². The molecule has 0 radical (unpaired) electrons. The smallest absolute Gasteiger partial charge is 0.173 e. The Bertz CT molecular complexity index is 177. The van der Waals surface area contributed by atoms with Gasteiger partial charge in [-0.2, -0.15) is 0 Å². The molecule has 4 nitrogen and oxygen atoms in total. The third-order valence-electron chi connectivity index (χ3n) is 1.38. The van der Waals surface area contributed by atoms with Crippen LogP contribution in [0.25, 0.3) is 0 Å². The van der Waals surface area contributed by atoms with Crippen molar-refractivity contribution in [3.05, 3.63) is 0 Å². The van der Waals surface area contributed by atoms with Gasteiger partial charge in [-0.25, -0.2) is 0 Å². The lowest BCUT2D eigenvalue weighted by molar-refractivity contribution is -0.118. The summed E-state index contributed by atoms with van der Waals surface area (Å²) in [5.74, 6) is -0.413. The van der Waals surface area contributed by atoms with Crippen molar-refractivity contribution in [3.63, 3.8) is 0 Å². The SMILES string of the molecule is CC(=O)[C@@H](N)CCC(=O)C=N. The van der Waals surface area contributed by atoms with E-state index >= 15 is 0 Å². The van der Waals surface area contributed by atoms with E-state index in [-0.39, 0.29) is 18.0 Å². The summed E-state index contributed by atoms with van der Waals surface area (Å²) in [7, 11) is 0. The highest BCUT2D eigenvalue weighted by Crippen LogP contribution is 1.95. The lowest BCUT2D eigenvalue weighted by atomic mass is 10.1. The van der Waals surface area contributed by atoms with E-state index in [4.69, 9.17) is 11.1 Å². The molecule has 0 amide bonds. The van der Waals surface area contributed by atoms with E-state index in [1.165, 1.54) is 6.92 Å². The summed E-state index contributed by atoms with van der Waals surface area (Å²) in [6.45, 7) is 1.39. The van der Waals surface area contributed by atoms with Crippen LogP contribution in [0, 0.1) is 5.41 Å². The summed E-state index contributed by atoms with van der Waals surface area (Å²) in [4.78, 5) is 21.1. The van der Waals surface area contributed by atoms with E-state index in [0.717, 1.165) is 6.21 Å². The average molecular weight is 156 g/mol. The molecule has 0 rings (SSSR count). The van der Waals surface area contributed by atoms with Crippen LogP contribution in [0.3, 0.4) is 0 Å². The summed E-state index contributed by atoms with van der Waals surface area (Å²) in [6, 6.07) is -0.557. The zero-order chi connectivity index (χ0) is 8.85. The fraction of sp³-hybridized carbons (Fsp3) is 0.571. The Hall–Kier alpha value is -1.03. The number of rotatable bonds is 5. The fourth-order valence-electron chi connectivity index (χ4n) is 0.573. The highest BCUT2D eigenvalue weighted by molar-refractivity contribution is 6.26. The van der Waals surface area contributed by atoms with Crippen molar-refractivity contribution in [3.8, 4) is 0 Å². The van der Waals surface area contributed by atoms with Crippen molar-refractivity contribution in [2.75, 3.05) is 0 Å². The molecule has 0 fully saturated rings. The molecule has 3 N–H and O–H groups in total. The van der Waals surface area contributed by atoms with Gasteiger partial charge < -0.3 is 11.1 Å². The standard InChI is InChI=1S/C7H12N2O2/c1-5(10)7(9)3-2-6(11)4-8/h4,7-8H,2-3,9H2,1H3/t7-/m0/s1. The Morgan fingerprint density at radius 3 is 2.55 bits per heavy atom. The molecule has 0 aromatic carbocycles. The molecule has 0 unspecified atom stereocenters. The number of carbonyl (C=O) groups is 2. The first-order valence-electron chi connectivity index (χ1n) is 3.37. The van der Waals surface area contributed by atoms with Crippen molar-refractivity contribution in [1.82, 2.24) is 0 Å². The molecular weight excluding hydrogens is 144 g/mol. The normalized spacial score (nSPS) is 12.2. The molecular formula is C7H12N2O2. The summed E-state index contributed by atoms with van der Waals surface area (Å²) >= 11 is 0. The van der Waals surface area contributed by atoms with Crippen LogP contribution in [-0.4, -0.2) is 23.8 Å². The molecule has 0 aliphatic carbocycles. The van der Waals surface area contributed by atoms with Gasteiger partial charge in [-0.15, -0.1) is 0 Å².